The van der Waals surface area contributed by atoms with Gasteiger partial charge >= 0.3 is 6.18 Å². The fourth-order valence-electron chi connectivity index (χ4n) is 2.48. The first-order valence-corrected chi connectivity index (χ1v) is 7.57. The quantitative estimate of drug-likeness (QED) is 0.893. The van der Waals surface area contributed by atoms with Crippen LogP contribution in [0.25, 0.3) is 0 Å². The Morgan fingerprint density at radius 2 is 2.12 bits per heavy atom. The summed E-state index contributed by atoms with van der Waals surface area (Å²) in [4.78, 5) is 25.3. The molecule has 1 atom stereocenters. The average Bonchev–Trinajstić information content (AvgIpc) is 2.90. The van der Waals surface area contributed by atoms with E-state index in [0.717, 1.165) is 17.7 Å². The van der Waals surface area contributed by atoms with Gasteiger partial charge < -0.3 is 15.0 Å². The van der Waals surface area contributed by atoms with E-state index in [2.05, 4.69) is 10.1 Å². The van der Waals surface area contributed by atoms with Crippen LogP contribution >= 0.6 is 0 Å². The third-order valence-electron chi connectivity index (χ3n) is 3.69. The molecule has 1 heterocycles. The number of anilines is 2. The Morgan fingerprint density at radius 3 is 2.67 bits per heavy atom. The zero-order valence-electron chi connectivity index (χ0n) is 13.4. The van der Waals surface area contributed by atoms with Crippen molar-refractivity contribution in [2.24, 2.45) is 0 Å². The SMILES string of the molecule is Cc1cc(NC(=O)[C@H](C)OCC(F)(F)F)ccc1N1CCCC1=O. The summed E-state index contributed by atoms with van der Waals surface area (Å²) in [5, 5.41) is 2.51. The molecule has 0 saturated carbocycles. The van der Waals surface area contributed by atoms with Gasteiger partial charge in [0.2, 0.25) is 5.91 Å². The van der Waals surface area contributed by atoms with Crippen LogP contribution in [0, 0.1) is 6.92 Å². The van der Waals surface area contributed by atoms with Crippen molar-refractivity contribution in [3.8, 4) is 0 Å². The maximum Gasteiger partial charge on any atom is 0.411 e. The summed E-state index contributed by atoms with van der Waals surface area (Å²) in [5.41, 5.74) is 2.01. The van der Waals surface area contributed by atoms with Gasteiger partial charge in [-0.05, 0) is 44.0 Å². The van der Waals surface area contributed by atoms with E-state index >= 15 is 0 Å². The van der Waals surface area contributed by atoms with Gasteiger partial charge in [0.1, 0.15) is 12.7 Å². The van der Waals surface area contributed by atoms with Crippen LogP contribution in [-0.2, 0) is 14.3 Å². The minimum atomic E-state index is -4.48. The van der Waals surface area contributed by atoms with E-state index in [-0.39, 0.29) is 5.91 Å². The lowest BCUT2D eigenvalue weighted by atomic mass is 10.1. The normalized spacial score (nSPS) is 16.4. The predicted octanol–water partition coefficient (Wildman–Crippen LogP) is 3.03. The van der Waals surface area contributed by atoms with Gasteiger partial charge in [0.25, 0.3) is 5.91 Å². The highest BCUT2D eigenvalue weighted by Crippen LogP contribution is 2.27. The Bertz CT molecular complexity index is 631. The molecular formula is C16H19F3N2O3. The van der Waals surface area contributed by atoms with Gasteiger partial charge in [-0.2, -0.15) is 13.2 Å². The molecule has 1 aromatic rings. The fourth-order valence-corrected chi connectivity index (χ4v) is 2.48. The molecule has 24 heavy (non-hydrogen) atoms. The summed E-state index contributed by atoms with van der Waals surface area (Å²) in [6.07, 6.45) is -4.38. The second-order valence-corrected chi connectivity index (χ2v) is 5.71. The first-order valence-electron chi connectivity index (χ1n) is 7.57. The number of halogens is 3. The smallest absolute Gasteiger partial charge is 0.359 e. The summed E-state index contributed by atoms with van der Waals surface area (Å²) in [6, 6.07) is 5.01. The number of aryl methyl sites for hydroxylation is 1. The molecule has 1 aliphatic heterocycles. The van der Waals surface area contributed by atoms with Gasteiger partial charge in [-0.25, -0.2) is 0 Å². The van der Waals surface area contributed by atoms with E-state index in [0.29, 0.717) is 18.7 Å². The highest BCUT2D eigenvalue weighted by Gasteiger charge is 2.30. The van der Waals surface area contributed by atoms with Crippen LogP contribution < -0.4 is 10.2 Å². The Labute approximate surface area is 137 Å². The number of carbonyl (C=O) groups is 2. The Morgan fingerprint density at radius 1 is 1.42 bits per heavy atom. The Balaban J connectivity index is 1.99. The van der Waals surface area contributed by atoms with Gasteiger partial charge in [0, 0.05) is 24.3 Å². The maximum atomic E-state index is 12.1. The highest BCUT2D eigenvalue weighted by molar-refractivity contribution is 5.97. The molecule has 0 aliphatic carbocycles. The van der Waals surface area contributed by atoms with E-state index in [4.69, 9.17) is 0 Å². The van der Waals surface area contributed by atoms with Crippen LogP contribution in [0.4, 0.5) is 24.5 Å². The topological polar surface area (TPSA) is 58.6 Å². The number of nitrogens with one attached hydrogen (secondary N) is 1. The largest absolute Gasteiger partial charge is 0.411 e. The number of rotatable bonds is 5. The van der Waals surface area contributed by atoms with Crippen LogP contribution in [0.15, 0.2) is 18.2 Å². The Hall–Kier alpha value is -2.09. The summed E-state index contributed by atoms with van der Waals surface area (Å²) in [5.74, 6) is -0.604. The number of nitrogens with zero attached hydrogens (tertiary/aromatic N) is 1. The van der Waals surface area contributed by atoms with Gasteiger partial charge in [0.05, 0.1) is 0 Å². The molecule has 1 saturated heterocycles. The van der Waals surface area contributed by atoms with Crippen molar-refractivity contribution >= 4 is 23.2 Å². The van der Waals surface area contributed by atoms with Crippen LogP contribution in [0.1, 0.15) is 25.3 Å². The number of carbonyl (C=O) groups excluding carboxylic acids is 2. The van der Waals surface area contributed by atoms with Gasteiger partial charge in [-0.15, -0.1) is 0 Å². The standard InChI is InChI=1S/C16H19F3N2O3/c1-10-8-12(5-6-13(10)21-7-3-4-14(21)22)20-15(23)11(2)24-9-16(17,18)19/h5-6,8,11H,3-4,7,9H2,1-2H3,(H,20,23)/t11-/m0/s1. The first-order chi connectivity index (χ1) is 11.2. The minimum Gasteiger partial charge on any atom is -0.359 e. The minimum absolute atomic E-state index is 0.0593. The van der Waals surface area contributed by atoms with Gasteiger partial charge in [-0.1, -0.05) is 0 Å². The molecule has 1 fully saturated rings. The molecule has 2 rings (SSSR count). The molecule has 0 radical (unpaired) electrons. The number of amides is 2. The van der Waals surface area contributed by atoms with E-state index < -0.39 is 24.8 Å². The lowest BCUT2D eigenvalue weighted by molar-refractivity contribution is -0.184. The third kappa shape index (κ3) is 4.70. The summed E-state index contributed by atoms with van der Waals surface area (Å²) in [7, 11) is 0. The van der Waals surface area contributed by atoms with Crippen molar-refractivity contribution in [2.75, 3.05) is 23.4 Å². The molecule has 5 nitrogen and oxygen atoms in total. The monoisotopic (exact) mass is 344 g/mol. The number of alkyl halides is 3. The predicted molar refractivity (Wildman–Crippen MR) is 82.9 cm³/mol. The van der Waals surface area contributed by atoms with Gasteiger partial charge in [0.15, 0.2) is 0 Å². The molecular weight excluding hydrogens is 325 g/mol. The highest BCUT2D eigenvalue weighted by atomic mass is 19.4. The van der Waals surface area contributed by atoms with Crippen LogP contribution in [-0.4, -0.2) is 37.2 Å². The molecule has 8 heteroatoms. The number of ether oxygens (including phenoxy) is 1. The van der Waals surface area contributed by atoms with E-state index in [9.17, 15) is 22.8 Å². The molecule has 1 aromatic carbocycles. The molecule has 0 unspecified atom stereocenters. The second-order valence-electron chi connectivity index (χ2n) is 5.71. The lowest BCUT2D eigenvalue weighted by Gasteiger charge is -2.20. The molecule has 1 N–H and O–H groups in total. The molecule has 0 aromatic heterocycles. The van der Waals surface area contributed by atoms with Crippen LogP contribution in [0.5, 0.6) is 0 Å². The van der Waals surface area contributed by atoms with Crippen molar-refractivity contribution in [3.05, 3.63) is 23.8 Å². The zero-order valence-corrected chi connectivity index (χ0v) is 13.4. The summed E-state index contributed by atoms with van der Waals surface area (Å²) in [6.45, 7) is 2.25. The average molecular weight is 344 g/mol. The van der Waals surface area contributed by atoms with Crippen molar-refractivity contribution < 1.29 is 27.5 Å². The molecule has 0 bridgehead atoms. The number of hydrogen-bond donors (Lipinski definition) is 1. The molecule has 0 spiro atoms. The van der Waals surface area contributed by atoms with E-state index in [1.807, 2.05) is 0 Å². The lowest BCUT2D eigenvalue weighted by Crippen LogP contribution is -2.31. The zero-order chi connectivity index (χ0) is 17.9. The summed E-state index contributed by atoms with van der Waals surface area (Å²) < 4.78 is 40.8. The van der Waals surface area contributed by atoms with Crippen molar-refractivity contribution in [1.29, 1.82) is 0 Å². The van der Waals surface area contributed by atoms with Crippen molar-refractivity contribution in [1.82, 2.24) is 0 Å². The number of hydrogen-bond acceptors (Lipinski definition) is 3. The third-order valence-corrected chi connectivity index (χ3v) is 3.69. The van der Waals surface area contributed by atoms with Crippen molar-refractivity contribution in [2.45, 2.75) is 39.0 Å². The van der Waals surface area contributed by atoms with E-state index in [1.165, 1.54) is 6.92 Å². The first kappa shape index (κ1) is 18.3. The maximum absolute atomic E-state index is 12.1. The van der Waals surface area contributed by atoms with E-state index in [1.54, 1.807) is 30.0 Å². The van der Waals surface area contributed by atoms with Crippen LogP contribution in [0.2, 0.25) is 0 Å². The van der Waals surface area contributed by atoms with Crippen LogP contribution in [0.3, 0.4) is 0 Å². The molecule has 132 valence electrons. The molecule has 2 amide bonds. The van der Waals surface area contributed by atoms with Gasteiger partial charge in [-0.3, -0.25) is 9.59 Å². The number of benzene rings is 1. The summed E-state index contributed by atoms with van der Waals surface area (Å²) >= 11 is 0. The Kier molecular flexibility index (Phi) is 5.48. The van der Waals surface area contributed by atoms with Crippen molar-refractivity contribution in [3.63, 3.8) is 0 Å². The fraction of sp³-hybridized carbons (Fsp3) is 0.500. The molecule has 1 aliphatic rings. The second kappa shape index (κ2) is 7.21.